The molecule has 48 heavy (non-hydrogen) atoms. The fourth-order valence-electron chi connectivity index (χ4n) is 6.83. The zero-order valence-electron chi connectivity index (χ0n) is 27.7. The number of anilines is 2. The predicted octanol–water partition coefficient (Wildman–Crippen LogP) is 5.41. The summed E-state index contributed by atoms with van der Waals surface area (Å²) < 4.78 is 27.6. The minimum Gasteiger partial charge on any atom is -0.487 e. The van der Waals surface area contributed by atoms with Crippen LogP contribution in [-0.4, -0.2) is 96.7 Å². The lowest BCUT2D eigenvalue weighted by atomic mass is 9.89. The lowest BCUT2D eigenvalue weighted by molar-refractivity contribution is -0.0852. The molecule has 0 amide bonds. The summed E-state index contributed by atoms with van der Waals surface area (Å²) in [6.45, 7) is 10.8. The Morgan fingerprint density at radius 1 is 1.06 bits per heavy atom. The molecule has 256 valence electrons. The zero-order valence-corrected chi connectivity index (χ0v) is 28.5. The molecular formula is C34H44ClN9O4. The van der Waals surface area contributed by atoms with Crippen molar-refractivity contribution in [1.82, 2.24) is 39.4 Å². The first-order valence-electron chi connectivity index (χ1n) is 16.9. The molecule has 3 aliphatic rings. The van der Waals surface area contributed by atoms with Gasteiger partial charge in [0, 0.05) is 36.8 Å². The van der Waals surface area contributed by atoms with E-state index < -0.39 is 0 Å². The van der Waals surface area contributed by atoms with E-state index in [-0.39, 0.29) is 18.3 Å². The second-order valence-corrected chi connectivity index (χ2v) is 13.7. The van der Waals surface area contributed by atoms with Crippen molar-refractivity contribution >= 4 is 23.2 Å². The number of hydrogen-bond acceptors (Lipinski definition) is 11. The number of rotatable bonds is 12. The molecule has 3 fully saturated rings. The van der Waals surface area contributed by atoms with Crippen molar-refractivity contribution in [1.29, 1.82) is 0 Å². The number of morpholine rings is 1. The van der Waals surface area contributed by atoms with Gasteiger partial charge in [0.1, 0.15) is 30.2 Å². The third-order valence-corrected chi connectivity index (χ3v) is 9.55. The molecule has 3 atom stereocenters. The van der Waals surface area contributed by atoms with Crippen LogP contribution in [0.15, 0.2) is 49.3 Å². The van der Waals surface area contributed by atoms with Gasteiger partial charge in [-0.25, -0.2) is 19.6 Å². The van der Waals surface area contributed by atoms with Crippen LogP contribution in [-0.2, 0) is 16.0 Å². The highest BCUT2D eigenvalue weighted by atomic mass is 35.5. The molecule has 5 heterocycles. The molecule has 1 N–H and O–H groups in total. The van der Waals surface area contributed by atoms with Gasteiger partial charge in [0.2, 0.25) is 5.95 Å². The summed E-state index contributed by atoms with van der Waals surface area (Å²) in [5.41, 5.74) is 2.32. The molecule has 1 saturated carbocycles. The monoisotopic (exact) mass is 677 g/mol. The summed E-state index contributed by atoms with van der Waals surface area (Å²) in [4.78, 5) is 16.0. The van der Waals surface area contributed by atoms with Gasteiger partial charge in [0.25, 0.3) is 5.88 Å². The van der Waals surface area contributed by atoms with Crippen molar-refractivity contribution in [2.75, 3.05) is 38.2 Å². The molecule has 4 aromatic rings. The average Bonchev–Trinajstić information content (AvgIpc) is 3.71. The third-order valence-electron chi connectivity index (χ3n) is 9.23. The quantitative estimate of drug-likeness (QED) is 0.207. The van der Waals surface area contributed by atoms with Gasteiger partial charge in [-0.1, -0.05) is 17.7 Å². The van der Waals surface area contributed by atoms with E-state index >= 15 is 0 Å². The summed E-state index contributed by atoms with van der Waals surface area (Å²) in [7, 11) is 0. The zero-order chi connectivity index (χ0) is 33.0. The van der Waals surface area contributed by atoms with Crippen LogP contribution in [0.3, 0.4) is 0 Å². The molecule has 0 radical (unpaired) electrons. The molecule has 1 aliphatic carbocycles. The maximum atomic E-state index is 6.51. The highest BCUT2D eigenvalue weighted by Crippen LogP contribution is 2.36. The fraction of sp³-hybridized carbons (Fsp3) is 0.559. The number of benzene rings is 1. The van der Waals surface area contributed by atoms with Crippen molar-refractivity contribution in [2.45, 2.75) is 83.4 Å². The van der Waals surface area contributed by atoms with Crippen LogP contribution in [0.4, 0.5) is 11.6 Å². The molecule has 13 nitrogen and oxygen atoms in total. The number of halogens is 1. The first-order chi connectivity index (χ1) is 23.4. The lowest BCUT2D eigenvalue weighted by Gasteiger charge is -2.42. The lowest BCUT2D eigenvalue weighted by Crippen LogP contribution is -2.51. The third kappa shape index (κ3) is 7.91. The summed E-state index contributed by atoms with van der Waals surface area (Å²) in [6, 6.07) is 8.39. The van der Waals surface area contributed by atoms with E-state index in [0.29, 0.717) is 67.0 Å². The normalized spacial score (nSPS) is 24.2. The largest absolute Gasteiger partial charge is 0.487 e. The average molecular weight is 678 g/mol. The van der Waals surface area contributed by atoms with E-state index in [4.69, 9.17) is 40.6 Å². The van der Waals surface area contributed by atoms with Crippen LogP contribution < -0.4 is 14.8 Å². The van der Waals surface area contributed by atoms with Gasteiger partial charge >= 0.3 is 0 Å². The van der Waals surface area contributed by atoms with Gasteiger partial charge < -0.3 is 24.3 Å². The second-order valence-electron chi connectivity index (χ2n) is 13.3. The summed E-state index contributed by atoms with van der Waals surface area (Å²) in [5, 5.41) is 13.0. The van der Waals surface area contributed by atoms with Gasteiger partial charge in [0.05, 0.1) is 61.5 Å². The Balaban J connectivity index is 1.05. The van der Waals surface area contributed by atoms with E-state index in [2.05, 4.69) is 43.8 Å². The number of hydrogen-bond donors (Lipinski definition) is 1. The van der Waals surface area contributed by atoms with Crippen molar-refractivity contribution in [2.24, 2.45) is 5.92 Å². The predicted molar refractivity (Wildman–Crippen MR) is 181 cm³/mol. The molecule has 0 spiro atoms. The van der Waals surface area contributed by atoms with E-state index in [0.717, 1.165) is 55.7 Å². The van der Waals surface area contributed by atoms with E-state index in [1.807, 2.05) is 37.4 Å². The SMILES string of the molecule is C[C@@H]1CN(C2CCC(n3cc(Nc4nccc(-c5ccc(Cl)c(O[C@@H](C)Cn6cncn6)c5)n4)c(OCC4COC4)n3)CC2)C[C@H](C)O1. The Kier molecular flexibility index (Phi) is 10.1. The molecule has 0 bridgehead atoms. The summed E-state index contributed by atoms with van der Waals surface area (Å²) in [5.74, 6) is 1.94. The highest BCUT2D eigenvalue weighted by molar-refractivity contribution is 6.32. The standard InChI is InChI=1S/C34H44ClN9O4/c1-22-13-42(14-23(2)47-22)27-5-7-28(8-6-27)44-16-31(33(41-44)46-19-25-17-45-18-25)40-34-37-11-10-30(39-34)26-4-9-29(35)32(12-26)48-24(3)15-43-21-36-20-38-43/h4,9-12,16,20-25,27-28H,5-8,13-15,17-19H2,1-3H3,(H,37,39,40)/t22-,23+,24-,27?,28?/m0/s1. The Morgan fingerprint density at radius 3 is 2.58 bits per heavy atom. The minimum absolute atomic E-state index is 0.176. The molecule has 14 heteroatoms. The molecule has 7 rings (SSSR count). The molecule has 2 aliphatic heterocycles. The number of ether oxygens (including phenoxy) is 4. The number of nitrogens with one attached hydrogen (secondary N) is 1. The Hall–Kier alpha value is -3.78. The van der Waals surface area contributed by atoms with Gasteiger partial charge in [-0.3, -0.25) is 9.58 Å². The Labute approximate surface area is 285 Å². The molecule has 1 aromatic carbocycles. The van der Waals surface area contributed by atoms with Gasteiger partial charge in [0.15, 0.2) is 0 Å². The Morgan fingerprint density at radius 2 is 1.85 bits per heavy atom. The van der Waals surface area contributed by atoms with E-state index in [1.54, 1.807) is 17.2 Å². The summed E-state index contributed by atoms with van der Waals surface area (Å²) in [6.07, 6.45) is 11.7. The van der Waals surface area contributed by atoms with Gasteiger partial charge in [-0.05, 0) is 64.7 Å². The first-order valence-corrected chi connectivity index (χ1v) is 17.3. The maximum absolute atomic E-state index is 6.51. The van der Waals surface area contributed by atoms with E-state index in [9.17, 15) is 0 Å². The van der Waals surface area contributed by atoms with Crippen LogP contribution in [0.2, 0.25) is 5.02 Å². The second kappa shape index (κ2) is 14.8. The smallest absolute Gasteiger partial charge is 0.256 e. The highest BCUT2D eigenvalue weighted by Gasteiger charge is 2.32. The van der Waals surface area contributed by atoms with Crippen molar-refractivity contribution < 1.29 is 18.9 Å². The van der Waals surface area contributed by atoms with Crippen LogP contribution in [0.25, 0.3) is 11.3 Å². The molecule has 0 unspecified atom stereocenters. The minimum atomic E-state index is -0.176. The maximum Gasteiger partial charge on any atom is 0.256 e. The van der Waals surface area contributed by atoms with Crippen LogP contribution in [0, 0.1) is 5.92 Å². The van der Waals surface area contributed by atoms with Crippen LogP contribution in [0.5, 0.6) is 11.6 Å². The van der Waals surface area contributed by atoms with Crippen LogP contribution >= 0.6 is 11.6 Å². The topological polar surface area (TPSA) is 127 Å². The van der Waals surface area contributed by atoms with Crippen LogP contribution in [0.1, 0.15) is 52.5 Å². The fourth-order valence-corrected chi connectivity index (χ4v) is 7.00. The number of nitrogens with zero attached hydrogens (tertiary/aromatic N) is 8. The molecule has 3 aromatic heterocycles. The van der Waals surface area contributed by atoms with Crippen molar-refractivity contribution in [3.05, 3.63) is 54.3 Å². The van der Waals surface area contributed by atoms with Crippen molar-refractivity contribution in [3.63, 3.8) is 0 Å². The van der Waals surface area contributed by atoms with Crippen molar-refractivity contribution in [3.8, 4) is 22.9 Å². The van der Waals surface area contributed by atoms with Gasteiger partial charge in [-0.2, -0.15) is 5.10 Å². The molecule has 2 saturated heterocycles. The van der Waals surface area contributed by atoms with Gasteiger partial charge in [-0.15, -0.1) is 5.10 Å². The summed E-state index contributed by atoms with van der Waals surface area (Å²) >= 11 is 6.51. The Bertz CT molecular complexity index is 1630. The first kappa shape index (κ1) is 32.8. The molecular weight excluding hydrogens is 634 g/mol. The van der Waals surface area contributed by atoms with E-state index in [1.165, 1.54) is 6.33 Å². The number of aromatic nitrogens is 7.